The van der Waals surface area contributed by atoms with Crippen LogP contribution in [0.4, 0.5) is 0 Å². The predicted octanol–water partition coefficient (Wildman–Crippen LogP) is 1.49. The van der Waals surface area contributed by atoms with Gasteiger partial charge in [-0.2, -0.15) is 5.26 Å². The number of nitrogens with one attached hydrogen (secondary N) is 2. The van der Waals surface area contributed by atoms with Crippen molar-refractivity contribution in [3.63, 3.8) is 0 Å². The maximum absolute atomic E-state index is 12.0. The van der Waals surface area contributed by atoms with E-state index in [1.54, 1.807) is 0 Å². The van der Waals surface area contributed by atoms with E-state index in [9.17, 15) is 8.42 Å². The molecule has 0 radical (unpaired) electrons. The van der Waals surface area contributed by atoms with E-state index in [-0.39, 0.29) is 9.92 Å². The van der Waals surface area contributed by atoms with Crippen molar-refractivity contribution in [1.29, 1.82) is 5.26 Å². The van der Waals surface area contributed by atoms with Crippen LogP contribution in [0.1, 0.15) is 18.9 Å². The number of halogens is 1. The molecule has 2 N–H and O–H groups in total. The van der Waals surface area contributed by atoms with Gasteiger partial charge in [-0.25, -0.2) is 13.1 Å². The Bertz CT molecular complexity index is 567. The third-order valence-corrected chi connectivity index (χ3v) is 4.32. The van der Waals surface area contributed by atoms with Gasteiger partial charge in [-0.1, -0.05) is 18.5 Å². The predicted molar refractivity (Wildman–Crippen MR) is 74.5 cm³/mol. The summed E-state index contributed by atoms with van der Waals surface area (Å²) in [5.74, 6) is 0. The highest BCUT2D eigenvalue weighted by Crippen LogP contribution is 2.22. The second kappa shape index (κ2) is 7.46. The summed E-state index contributed by atoms with van der Waals surface area (Å²) in [4.78, 5) is -0.0105. The van der Waals surface area contributed by atoms with Gasteiger partial charge in [0.05, 0.1) is 16.7 Å². The van der Waals surface area contributed by atoms with E-state index < -0.39 is 10.0 Å². The van der Waals surface area contributed by atoms with Gasteiger partial charge in [0.2, 0.25) is 10.0 Å². The van der Waals surface area contributed by atoms with Crippen molar-refractivity contribution in [2.24, 2.45) is 0 Å². The van der Waals surface area contributed by atoms with Crippen molar-refractivity contribution < 1.29 is 8.42 Å². The SMILES string of the molecule is CCCNCCNS(=O)(=O)c1ccc(C#N)cc1Cl. The Morgan fingerprint density at radius 1 is 1.32 bits per heavy atom. The van der Waals surface area contributed by atoms with Gasteiger partial charge in [-0.3, -0.25) is 0 Å². The van der Waals surface area contributed by atoms with Crippen LogP contribution in [0.15, 0.2) is 23.1 Å². The molecule has 1 rings (SSSR count). The van der Waals surface area contributed by atoms with E-state index in [0.717, 1.165) is 13.0 Å². The lowest BCUT2D eigenvalue weighted by Crippen LogP contribution is -2.32. The molecule has 0 atom stereocenters. The summed E-state index contributed by atoms with van der Waals surface area (Å²) in [7, 11) is -3.63. The summed E-state index contributed by atoms with van der Waals surface area (Å²) in [5, 5.41) is 11.8. The number of sulfonamides is 1. The highest BCUT2D eigenvalue weighted by molar-refractivity contribution is 7.89. The van der Waals surface area contributed by atoms with Crippen LogP contribution in [-0.2, 0) is 10.0 Å². The van der Waals surface area contributed by atoms with Crippen LogP contribution >= 0.6 is 11.6 Å². The molecule has 0 aliphatic rings. The Balaban J connectivity index is 2.70. The van der Waals surface area contributed by atoms with Crippen molar-refractivity contribution in [2.75, 3.05) is 19.6 Å². The topological polar surface area (TPSA) is 82.0 Å². The van der Waals surface area contributed by atoms with Crippen LogP contribution in [0.5, 0.6) is 0 Å². The molecule has 0 bridgehead atoms. The largest absolute Gasteiger partial charge is 0.315 e. The zero-order valence-electron chi connectivity index (χ0n) is 10.6. The lowest BCUT2D eigenvalue weighted by Gasteiger charge is -2.09. The Hall–Kier alpha value is -1.13. The smallest absolute Gasteiger partial charge is 0.242 e. The van der Waals surface area contributed by atoms with Gasteiger partial charge in [0.15, 0.2) is 0 Å². The van der Waals surface area contributed by atoms with Crippen LogP contribution < -0.4 is 10.0 Å². The first kappa shape index (κ1) is 15.9. The van der Waals surface area contributed by atoms with Crippen molar-refractivity contribution in [3.05, 3.63) is 28.8 Å². The summed E-state index contributed by atoms with van der Waals surface area (Å²) in [6.45, 7) is 3.73. The Kier molecular flexibility index (Phi) is 6.25. The second-order valence-electron chi connectivity index (χ2n) is 3.90. The Labute approximate surface area is 118 Å². The fourth-order valence-corrected chi connectivity index (χ4v) is 3.02. The molecule has 0 aromatic heterocycles. The van der Waals surface area contributed by atoms with Gasteiger partial charge in [0.1, 0.15) is 4.90 Å². The molecule has 7 heteroatoms. The van der Waals surface area contributed by atoms with Crippen LogP contribution in [0, 0.1) is 11.3 Å². The Morgan fingerprint density at radius 2 is 2.05 bits per heavy atom. The van der Waals surface area contributed by atoms with Crippen molar-refractivity contribution >= 4 is 21.6 Å². The highest BCUT2D eigenvalue weighted by atomic mass is 35.5. The standard InChI is InChI=1S/C12H16ClN3O2S/c1-2-5-15-6-7-16-19(17,18)12-4-3-10(9-14)8-11(12)13/h3-4,8,15-16H,2,5-7H2,1H3. The van der Waals surface area contributed by atoms with Crippen LogP contribution in [0.2, 0.25) is 5.02 Å². The molecule has 1 aromatic carbocycles. The van der Waals surface area contributed by atoms with E-state index >= 15 is 0 Å². The number of benzene rings is 1. The fourth-order valence-electron chi connectivity index (χ4n) is 1.44. The second-order valence-corrected chi connectivity index (χ2v) is 6.05. The lowest BCUT2D eigenvalue weighted by atomic mass is 10.2. The normalized spacial score (nSPS) is 11.2. The third kappa shape index (κ3) is 4.80. The number of nitrogens with zero attached hydrogens (tertiary/aromatic N) is 1. The number of hydrogen-bond acceptors (Lipinski definition) is 4. The van der Waals surface area contributed by atoms with Gasteiger partial charge in [-0.15, -0.1) is 0 Å². The number of nitriles is 1. The molecule has 1 aromatic rings. The van der Waals surface area contributed by atoms with Gasteiger partial charge in [0.25, 0.3) is 0 Å². The van der Waals surface area contributed by atoms with Crippen molar-refractivity contribution in [2.45, 2.75) is 18.2 Å². The fraction of sp³-hybridized carbons (Fsp3) is 0.417. The summed E-state index contributed by atoms with van der Waals surface area (Å²) in [6, 6.07) is 6.00. The van der Waals surface area contributed by atoms with Gasteiger partial charge < -0.3 is 5.32 Å². The molecule has 0 aliphatic carbocycles. The molecule has 0 saturated carbocycles. The monoisotopic (exact) mass is 301 g/mol. The maximum Gasteiger partial charge on any atom is 0.242 e. The Morgan fingerprint density at radius 3 is 2.63 bits per heavy atom. The van der Waals surface area contributed by atoms with Crippen molar-refractivity contribution in [3.8, 4) is 6.07 Å². The zero-order valence-corrected chi connectivity index (χ0v) is 12.2. The molecule has 0 saturated heterocycles. The van der Waals surface area contributed by atoms with E-state index in [1.165, 1.54) is 18.2 Å². The molecule has 0 unspecified atom stereocenters. The van der Waals surface area contributed by atoms with Crippen LogP contribution in [-0.4, -0.2) is 28.1 Å². The minimum atomic E-state index is -3.63. The van der Waals surface area contributed by atoms with Gasteiger partial charge in [-0.05, 0) is 31.2 Å². The number of hydrogen-bond donors (Lipinski definition) is 2. The first-order valence-electron chi connectivity index (χ1n) is 5.91. The molecular weight excluding hydrogens is 286 g/mol. The first-order chi connectivity index (χ1) is 9.01. The summed E-state index contributed by atoms with van der Waals surface area (Å²) >= 11 is 5.87. The van der Waals surface area contributed by atoms with E-state index in [0.29, 0.717) is 18.7 Å². The molecular formula is C12H16ClN3O2S. The third-order valence-electron chi connectivity index (χ3n) is 2.37. The average Bonchev–Trinajstić information content (AvgIpc) is 2.37. The number of rotatable bonds is 7. The molecule has 19 heavy (non-hydrogen) atoms. The molecule has 0 amide bonds. The summed E-state index contributed by atoms with van der Waals surface area (Å²) in [5.41, 5.74) is 0.327. The van der Waals surface area contributed by atoms with E-state index in [1.807, 2.05) is 13.0 Å². The quantitative estimate of drug-likeness (QED) is 0.748. The van der Waals surface area contributed by atoms with E-state index in [4.69, 9.17) is 16.9 Å². The molecule has 104 valence electrons. The van der Waals surface area contributed by atoms with Crippen molar-refractivity contribution in [1.82, 2.24) is 10.0 Å². The molecule has 0 aliphatic heterocycles. The molecule has 0 heterocycles. The van der Waals surface area contributed by atoms with Gasteiger partial charge >= 0.3 is 0 Å². The van der Waals surface area contributed by atoms with Crippen LogP contribution in [0.3, 0.4) is 0 Å². The summed E-state index contributed by atoms with van der Waals surface area (Å²) in [6.07, 6.45) is 0.994. The van der Waals surface area contributed by atoms with Crippen LogP contribution in [0.25, 0.3) is 0 Å². The first-order valence-corrected chi connectivity index (χ1v) is 7.77. The minimum absolute atomic E-state index is 0.0105. The lowest BCUT2D eigenvalue weighted by molar-refractivity contribution is 0.575. The highest BCUT2D eigenvalue weighted by Gasteiger charge is 2.17. The molecule has 0 fully saturated rings. The molecule has 5 nitrogen and oxygen atoms in total. The maximum atomic E-state index is 12.0. The summed E-state index contributed by atoms with van der Waals surface area (Å²) < 4.78 is 26.4. The average molecular weight is 302 g/mol. The molecule has 0 spiro atoms. The van der Waals surface area contributed by atoms with E-state index in [2.05, 4.69) is 10.0 Å². The zero-order chi connectivity index (χ0) is 14.3. The van der Waals surface area contributed by atoms with Gasteiger partial charge in [0, 0.05) is 13.1 Å². The minimum Gasteiger partial charge on any atom is -0.315 e.